The number of thiophene rings is 1. The molecule has 1 aliphatic rings. The van der Waals surface area contributed by atoms with Crippen molar-refractivity contribution in [2.75, 3.05) is 6.54 Å². The van der Waals surface area contributed by atoms with E-state index in [1.54, 1.807) is 29.7 Å². The Morgan fingerprint density at radius 2 is 2.33 bits per heavy atom. The number of nitrogens with zero attached hydrogens (tertiary/aromatic N) is 3. The highest BCUT2D eigenvalue weighted by molar-refractivity contribution is 7.10. The number of amides is 1. The molecule has 3 aromatic rings. The summed E-state index contributed by atoms with van der Waals surface area (Å²) in [5.41, 5.74) is 0. The standard InChI is InChI=1S/C17H17N3O3S/c21-16(20-9-1-4-12(20)14-6-3-11-24-14)8-7-15-18-17(19-23-15)13-5-2-10-22-13/h2-3,5-6,10-12H,1,4,7-9H2. The Balaban J connectivity index is 1.38. The molecule has 0 bridgehead atoms. The summed E-state index contributed by atoms with van der Waals surface area (Å²) >= 11 is 1.71. The van der Waals surface area contributed by atoms with E-state index in [1.807, 2.05) is 11.0 Å². The van der Waals surface area contributed by atoms with Crippen molar-refractivity contribution < 1.29 is 13.7 Å². The summed E-state index contributed by atoms with van der Waals surface area (Å²) < 4.78 is 10.4. The van der Waals surface area contributed by atoms with Gasteiger partial charge in [-0.1, -0.05) is 11.2 Å². The second kappa shape index (κ2) is 6.60. The van der Waals surface area contributed by atoms with Crippen LogP contribution < -0.4 is 0 Å². The average molecular weight is 343 g/mol. The Hall–Kier alpha value is -2.41. The highest BCUT2D eigenvalue weighted by Gasteiger charge is 2.30. The Morgan fingerprint density at radius 3 is 3.12 bits per heavy atom. The lowest BCUT2D eigenvalue weighted by atomic mass is 10.1. The molecule has 0 N–H and O–H groups in total. The first-order chi connectivity index (χ1) is 11.8. The van der Waals surface area contributed by atoms with Gasteiger partial charge in [0.1, 0.15) is 0 Å². The fraction of sp³-hybridized carbons (Fsp3) is 0.353. The first kappa shape index (κ1) is 15.1. The van der Waals surface area contributed by atoms with Gasteiger partial charge in [0.25, 0.3) is 0 Å². The smallest absolute Gasteiger partial charge is 0.238 e. The minimum atomic E-state index is 0.142. The van der Waals surface area contributed by atoms with Crippen LogP contribution in [0.1, 0.15) is 36.1 Å². The number of aryl methyl sites for hydroxylation is 1. The molecule has 4 rings (SSSR count). The average Bonchev–Trinajstić information content (AvgIpc) is 3.40. The van der Waals surface area contributed by atoms with Crippen molar-refractivity contribution in [2.24, 2.45) is 0 Å². The van der Waals surface area contributed by atoms with Crippen LogP contribution in [0.3, 0.4) is 0 Å². The van der Waals surface area contributed by atoms with E-state index in [4.69, 9.17) is 8.94 Å². The molecule has 0 spiro atoms. The molecule has 0 saturated carbocycles. The van der Waals surface area contributed by atoms with Gasteiger partial charge in [0.2, 0.25) is 17.6 Å². The highest BCUT2D eigenvalue weighted by atomic mass is 32.1. The fourth-order valence-electron chi connectivity index (χ4n) is 3.06. The first-order valence-electron chi connectivity index (χ1n) is 8.00. The second-order valence-corrected chi connectivity index (χ2v) is 6.73. The van der Waals surface area contributed by atoms with Crippen molar-refractivity contribution in [3.63, 3.8) is 0 Å². The van der Waals surface area contributed by atoms with Crippen LogP contribution in [0.4, 0.5) is 0 Å². The molecule has 1 fully saturated rings. The van der Waals surface area contributed by atoms with E-state index < -0.39 is 0 Å². The van der Waals surface area contributed by atoms with Gasteiger partial charge in [-0.2, -0.15) is 4.98 Å². The van der Waals surface area contributed by atoms with Gasteiger partial charge in [0, 0.05) is 24.3 Å². The molecule has 1 amide bonds. The van der Waals surface area contributed by atoms with E-state index in [9.17, 15) is 4.79 Å². The maximum atomic E-state index is 12.6. The van der Waals surface area contributed by atoms with Crippen LogP contribution in [-0.4, -0.2) is 27.5 Å². The Kier molecular flexibility index (Phi) is 4.17. The monoisotopic (exact) mass is 343 g/mol. The van der Waals surface area contributed by atoms with E-state index in [0.717, 1.165) is 19.4 Å². The Bertz CT molecular complexity index is 795. The summed E-state index contributed by atoms with van der Waals surface area (Å²) in [4.78, 5) is 20.1. The van der Waals surface area contributed by atoms with Crippen LogP contribution in [-0.2, 0) is 11.2 Å². The van der Waals surface area contributed by atoms with Gasteiger partial charge in [-0.05, 0) is 36.4 Å². The fourth-order valence-corrected chi connectivity index (χ4v) is 3.94. The van der Waals surface area contributed by atoms with Crippen LogP contribution >= 0.6 is 11.3 Å². The molecule has 6 nitrogen and oxygen atoms in total. The number of hydrogen-bond acceptors (Lipinski definition) is 6. The number of aromatic nitrogens is 2. The molecule has 1 unspecified atom stereocenters. The molecule has 0 aromatic carbocycles. The summed E-state index contributed by atoms with van der Waals surface area (Å²) in [5, 5.41) is 5.95. The molecular weight excluding hydrogens is 326 g/mol. The molecule has 0 aliphatic carbocycles. The van der Waals surface area contributed by atoms with Crippen LogP contribution in [0.5, 0.6) is 0 Å². The van der Waals surface area contributed by atoms with Gasteiger partial charge in [0.05, 0.1) is 12.3 Å². The first-order valence-corrected chi connectivity index (χ1v) is 8.88. The molecule has 1 saturated heterocycles. The number of furan rings is 1. The molecule has 124 valence electrons. The summed E-state index contributed by atoms with van der Waals surface area (Å²) in [6.07, 6.45) is 4.47. The van der Waals surface area contributed by atoms with E-state index in [0.29, 0.717) is 30.3 Å². The molecule has 24 heavy (non-hydrogen) atoms. The molecule has 4 heterocycles. The van der Waals surface area contributed by atoms with Crippen molar-refractivity contribution in [1.29, 1.82) is 0 Å². The normalized spacial score (nSPS) is 17.5. The predicted octanol–water partition coefficient (Wildman–Crippen LogP) is 3.69. The lowest BCUT2D eigenvalue weighted by molar-refractivity contribution is -0.132. The summed E-state index contributed by atoms with van der Waals surface area (Å²) in [6.45, 7) is 0.822. The Morgan fingerprint density at radius 1 is 1.38 bits per heavy atom. The van der Waals surface area contributed by atoms with Crippen LogP contribution in [0.2, 0.25) is 0 Å². The third-order valence-corrected chi connectivity index (χ3v) is 5.18. The Labute approximate surface area is 143 Å². The van der Waals surface area contributed by atoms with Gasteiger partial charge >= 0.3 is 0 Å². The zero-order valence-corrected chi connectivity index (χ0v) is 13.9. The molecule has 7 heteroatoms. The van der Waals surface area contributed by atoms with E-state index in [1.165, 1.54) is 4.88 Å². The molecular formula is C17H17N3O3S. The van der Waals surface area contributed by atoms with Crippen LogP contribution in [0.15, 0.2) is 44.8 Å². The lowest BCUT2D eigenvalue weighted by Gasteiger charge is -2.23. The third-order valence-electron chi connectivity index (χ3n) is 4.21. The van der Waals surface area contributed by atoms with Crippen molar-refractivity contribution in [3.8, 4) is 11.6 Å². The minimum Gasteiger partial charge on any atom is -0.461 e. The van der Waals surface area contributed by atoms with Gasteiger partial charge in [0.15, 0.2) is 5.76 Å². The number of likely N-dealkylation sites (tertiary alicyclic amines) is 1. The van der Waals surface area contributed by atoms with Crippen molar-refractivity contribution in [1.82, 2.24) is 15.0 Å². The number of carbonyl (C=O) groups excluding carboxylic acids is 1. The van der Waals surface area contributed by atoms with Crippen molar-refractivity contribution in [2.45, 2.75) is 31.7 Å². The summed E-state index contributed by atoms with van der Waals surface area (Å²) in [5.74, 6) is 1.58. The second-order valence-electron chi connectivity index (χ2n) is 5.75. The van der Waals surface area contributed by atoms with E-state index in [2.05, 4.69) is 21.6 Å². The van der Waals surface area contributed by atoms with E-state index >= 15 is 0 Å². The minimum absolute atomic E-state index is 0.142. The lowest BCUT2D eigenvalue weighted by Crippen LogP contribution is -2.30. The summed E-state index contributed by atoms with van der Waals surface area (Å²) in [7, 11) is 0. The quantitative estimate of drug-likeness (QED) is 0.706. The molecule has 1 aliphatic heterocycles. The maximum Gasteiger partial charge on any atom is 0.238 e. The van der Waals surface area contributed by atoms with Gasteiger partial charge in [-0.3, -0.25) is 4.79 Å². The molecule has 1 atom stereocenters. The zero-order valence-electron chi connectivity index (χ0n) is 13.1. The maximum absolute atomic E-state index is 12.6. The molecule has 0 radical (unpaired) electrons. The van der Waals surface area contributed by atoms with Crippen LogP contribution in [0, 0.1) is 0 Å². The van der Waals surface area contributed by atoms with Gasteiger partial charge < -0.3 is 13.8 Å². The third kappa shape index (κ3) is 2.99. The summed E-state index contributed by atoms with van der Waals surface area (Å²) in [6, 6.07) is 7.91. The molecule has 3 aromatic heterocycles. The number of hydrogen-bond donors (Lipinski definition) is 0. The topological polar surface area (TPSA) is 72.4 Å². The predicted molar refractivity (Wildman–Crippen MR) is 88.3 cm³/mol. The highest BCUT2D eigenvalue weighted by Crippen LogP contribution is 2.34. The number of rotatable bonds is 5. The van der Waals surface area contributed by atoms with Crippen molar-refractivity contribution in [3.05, 3.63) is 46.7 Å². The van der Waals surface area contributed by atoms with E-state index in [-0.39, 0.29) is 11.9 Å². The van der Waals surface area contributed by atoms with Gasteiger partial charge in [-0.15, -0.1) is 11.3 Å². The number of carbonyl (C=O) groups is 1. The largest absolute Gasteiger partial charge is 0.461 e. The SMILES string of the molecule is O=C(CCc1nc(-c2ccco2)no1)N1CCCC1c1cccs1. The van der Waals surface area contributed by atoms with Gasteiger partial charge in [-0.25, -0.2) is 0 Å². The zero-order chi connectivity index (χ0) is 16.4. The van der Waals surface area contributed by atoms with Crippen LogP contribution in [0.25, 0.3) is 11.6 Å². The van der Waals surface area contributed by atoms with Crippen molar-refractivity contribution >= 4 is 17.2 Å².